The van der Waals surface area contributed by atoms with E-state index in [0.717, 1.165) is 6.42 Å². The van der Waals surface area contributed by atoms with E-state index in [9.17, 15) is 4.79 Å². The first-order valence-electron chi connectivity index (χ1n) is 5.14. The van der Waals surface area contributed by atoms with Crippen molar-refractivity contribution in [2.24, 2.45) is 11.8 Å². The molecule has 0 heterocycles. The van der Waals surface area contributed by atoms with E-state index >= 15 is 0 Å². The summed E-state index contributed by atoms with van der Waals surface area (Å²) in [5.41, 5.74) is 0. The second-order valence-corrected chi connectivity index (χ2v) is 4.18. The molecule has 0 amide bonds. The van der Waals surface area contributed by atoms with E-state index in [1.165, 1.54) is 0 Å². The summed E-state index contributed by atoms with van der Waals surface area (Å²) in [5, 5.41) is 0. The molecule has 0 saturated heterocycles. The number of ketones is 1. The number of ether oxygens (including phenoxy) is 1. The van der Waals surface area contributed by atoms with Crippen molar-refractivity contribution in [2.75, 3.05) is 6.61 Å². The van der Waals surface area contributed by atoms with Crippen molar-refractivity contribution in [1.29, 1.82) is 0 Å². The van der Waals surface area contributed by atoms with Crippen LogP contribution >= 0.6 is 0 Å². The van der Waals surface area contributed by atoms with Crippen molar-refractivity contribution < 1.29 is 9.53 Å². The molecule has 0 aromatic carbocycles. The molecule has 13 heavy (non-hydrogen) atoms. The monoisotopic (exact) mass is 186 g/mol. The van der Waals surface area contributed by atoms with Crippen molar-refractivity contribution >= 4 is 5.78 Å². The Bertz CT molecular complexity index is 150. The van der Waals surface area contributed by atoms with Gasteiger partial charge in [-0.05, 0) is 12.3 Å². The Morgan fingerprint density at radius 1 is 1.23 bits per heavy atom. The molecule has 0 radical (unpaired) electrons. The van der Waals surface area contributed by atoms with Gasteiger partial charge in [0.1, 0.15) is 6.10 Å². The Morgan fingerprint density at radius 2 is 1.77 bits per heavy atom. The minimum Gasteiger partial charge on any atom is -0.370 e. The van der Waals surface area contributed by atoms with Crippen LogP contribution in [0.1, 0.15) is 41.0 Å². The van der Waals surface area contributed by atoms with E-state index in [-0.39, 0.29) is 17.8 Å². The van der Waals surface area contributed by atoms with Gasteiger partial charge in [-0.1, -0.05) is 34.6 Å². The number of carbonyl (C=O) groups excluding carboxylic acids is 1. The minimum absolute atomic E-state index is 0.0807. The lowest BCUT2D eigenvalue weighted by molar-refractivity contribution is -0.134. The molecule has 0 bridgehead atoms. The molecule has 0 aliphatic carbocycles. The van der Waals surface area contributed by atoms with Gasteiger partial charge in [-0.15, -0.1) is 0 Å². The fraction of sp³-hybridized carbons (Fsp3) is 0.909. The molecule has 0 rings (SSSR count). The van der Waals surface area contributed by atoms with E-state index in [1.54, 1.807) is 0 Å². The Morgan fingerprint density at radius 3 is 2.08 bits per heavy atom. The highest BCUT2D eigenvalue weighted by atomic mass is 16.5. The van der Waals surface area contributed by atoms with Gasteiger partial charge in [0.25, 0.3) is 0 Å². The van der Waals surface area contributed by atoms with Gasteiger partial charge in [-0.3, -0.25) is 4.79 Å². The SMILES string of the molecule is CC[C@H](OCC(C)C)C(=O)C(C)C. The summed E-state index contributed by atoms with van der Waals surface area (Å²) in [7, 11) is 0. The summed E-state index contributed by atoms with van der Waals surface area (Å²) in [6.45, 7) is 10.7. The topological polar surface area (TPSA) is 26.3 Å². The van der Waals surface area contributed by atoms with Crippen molar-refractivity contribution in [3.8, 4) is 0 Å². The van der Waals surface area contributed by atoms with Crippen molar-refractivity contribution in [2.45, 2.75) is 47.1 Å². The zero-order valence-electron chi connectivity index (χ0n) is 9.46. The number of Topliss-reactive ketones (excluding diaryl/α,β-unsaturated/α-hetero) is 1. The van der Waals surface area contributed by atoms with Gasteiger partial charge in [-0.2, -0.15) is 0 Å². The molecule has 0 unspecified atom stereocenters. The van der Waals surface area contributed by atoms with Crippen LogP contribution < -0.4 is 0 Å². The number of rotatable bonds is 6. The fourth-order valence-corrected chi connectivity index (χ4v) is 1.08. The molecule has 0 fully saturated rings. The molecule has 0 aliphatic heterocycles. The second kappa shape index (κ2) is 6.14. The van der Waals surface area contributed by atoms with Gasteiger partial charge < -0.3 is 4.74 Å². The molecule has 2 heteroatoms. The predicted octanol–water partition coefficient (Wildman–Crippen LogP) is 2.66. The van der Waals surface area contributed by atoms with Crippen LogP contribution in [-0.4, -0.2) is 18.5 Å². The molecule has 0 aliphatic rings. The third-order valence-corrected chi connectivity index (χ3v) is 1.89. The third kappa shape index (κ3) is 5.04. The van der Waals surface area contributed by atoms with Crippen molar-refractivity contribution in [1.82, 2.24) is 0 Å². The molecule has 0 spiro atoms. The average molecular weight is 186 g/mol. The molecule has 0 saturated carbocycles. The summed E-state index contributed by atoms with van der Waals surface area (Å²) in [5.74, 6) is 0.800. The van der Waals surface area contributed by atoms with E-state index in [0.29, 0.717) is 12.5 Å². The van der Waals surface area contributed by atoms with E-state index in [1.807, 2.05) is 20.8 Å². The second-order valence-electron chi connectivity index (χ2n) is 4.18. The lowest BCUT2D eigenvalue weighted by Gasteiger charge is -2.18. The zero-order valence-corrected chi connectivity index (χ0v) is 9.46. The summed E-state index contributed by atoms with van der Waals surface area (Å²) >= 11 is 0. The Hall–Kier alpha value is -0.370. The van der Waals surface area contributed by atoms with Gasteiger partial charge in [0, 0.05) is 12.5 Å². The van der Waals surface area contributed by atoms with Crippen LogP contribution in [0.5, 0.6) is 0 Å². The Kier molecular flexibility index (Phi) is 5.97. The van der Waals surface area contributed by atoms with Crippen LogP contribution in [0.15, 0.2) is 0 Å². The van der Waals surface area contributed by atoms with Crippen LogP contribution in [0.2, 0.25) is 0 Å². The molecule has 78 valence electrons. The molecule has 2 nitrogen and oxygen atoms in total. The van der Waals surface area contributed by atoms with Gasteiger partial charge in [0.05, 0.1) is 0 Å². The number of hydrogen-bond donors (Lipinski definition) is 0. The van der Waals surface area contributed by atoms with Crippen LogP contribution in [0, 0.1) is 11.8 Å². The molecule has 1 atom stereocenters. The maximum atomic E-state index is 11.6. The lowest BCUT2D eigenvalue weighted by Crippen LogP contribution is -2.28. The van der Waals surface area contributed by atoms with E-state index in [2.05, 4.69) is 13.8 Å². The van der Waals surface area contributed by atoms with E-state index < -0.39 is 0 Å². The summed E-state index contributed by atoms with van der Waals surface area (Å²) in [6, 6.07) is 0. The van der Waals surface area contributed by atoms with Crippen LogP contribution in [0.3, 0.4) is 0 Å². The normalized spacial score (nSPS) is 13.8. The summed E-state index contributed by atoms with van der Waals surface area (Å²) in [4.78, 5) is 11.6. The van der Waals surface area contributed by atoms with Crippen molar-refractivity contribution in [3.63, 3.8) is 0 Å². The molecule has 0 aromatic heterocycles. The largest absolute Gasteiger partial charge is 0.370 e. The standard InChI is InChI=1S/C11H22O2/c1-6-10(11(12)9(4)5)13-7-8(2)3/h8-10H,6-7H2,1-5H3/t10-/m0/s1. The number of carbonyl (C=O) groups is 1. The van der Waals surface area contributed by atoms with E-state index in [4.69, 9.17) is 4.74 Å². The van der Waals surface area contributed by atoms with Crippen molar-refractivity contribution in [3.05, 3.63) is 0 Å². The Balaban J connectivity index is 3.95. The first-order valence-corrected chi connectivity index (χ1v) is 5.14. The third-order valence-electron chi connectivity index (χ3n) is 1.89. The smallest absolute Gasteiger partial charge is 0.164 e. The Labute approximate surface area is 81.7 Å². The minimum atomic E-state index is -0.192. The first-order chi connectivity index (χ1) is 5.99. The fourth-order valence-electron chi connectivity index (χ4n) is 1.08. The summed E-state index contributed by atoms with van der Waals surface area (Å²) < 4.78 is 5.53. The molecule has 0 N–H and O–H groups in total. The quantitative estimate of drug-likeness (QED) is 0.637. The van der Waals surface area contributed by atoms with Crippen LogP contribution in [0.4, 0.5) is 0 Å². The highest BCUT2D eigenvalue weighted by Gasteiger charge is 2.19. The molecular weight excluding hydrogens is 164 g/mol. The van der Waals surface area contributed by atoms with Gasteiger partial charge in [0.15, 0.2) is 5.78 Å². The molecule has 0 aromatic rings. The number of hydrogen-bond acceptors (Lipinski definition) is 2. The highest BCUT2D eigenvalue weighted by molar-refractivity contribution is 5.84. The molecular formula is C11H22O2. The van der Waals surface area contributed by atoms with Gasteiger partial charge in [-0.25, -0.2) is 0 Å². The van der Waals surface area contributed by atoms with Gasteiger partial charge >= 0.3 is 0 Å². The predicted molar refractivity (Wildman–Crippen MR) is 54.7 cm³/mol. The highest BCUT2D eigenvalue weighted by Crippen LogP contribution is 2.08. The average Bonchev–Trinajstić information content (AvgIpc) is 2.04. The van der Waals surface area contributed by atoms with Crippen LogP contribution in [-0.2, 0) is 9.53 Å². The van der Waals surface area contributed by atoms with Gasteiger partial charge in [0.2, 0.25) is 0 Å². The van der Waals surface area contributed by atoms with Crippen LogP contribution in [0.25, 0.3) is 0 Å². The zero-order chi connectivity index (χ0) is 10.4. The summed E-state index contributed by atoms with van der Waals surface area (Å²) in [6.07, 6.45) is 0.589. The lowest BCUT2D eigenvalue weighted by atomic mass is 10.0. The maximum absolute atomic E-state index is 11.6. The maximum Gasteiger partial charge on any atom is 0.164 e. The first kappa shape index (κ1) is 12.6.